The van der Waals surface area contributed by atoms with E-state index in [-0.39, 0.29) is 18.6 Å². The van der Waals surface area contributed by atoms with Gasteiger partial charge >= 0.3 is 6.09 Å². The highest BCUT2D eigenvalue weighted by atomic mass is 16.5. The van der Waals surface area contributed by atoms with Gasteiger partial charge in [-0.2, -0.15) is 0 Å². The molecule has 0 unspecified atom stereocenters. The van der Waals surface area contributed by atoms with Gasteiger partial charge in [0.25, 0.3) is 0 Å². The third-order valence-corrected chi connectivity index (χ3v) is 5.35. The SMILES string of the molecule is CC1(C)c2ccccc2-c2ccc(C#CCNC(=O)OCc3ccccc3)cc21. The van der Waals surface area contributed by atoms with Crippen LogP contribution in [-0.4, -0.2) is 12.6 Å². The van der Waals surface area contributed by atoms with E-state index >= 15 is 0 Å². The fourth-order valence-electron chi connectivity index (χ4n) is 3.82. The molecule has 3 heteroatoms. The predicted octanol–water partition coefficient (Wildman–Crippen LogP) is 5.27. The van der Waals surface area contributed by atoms with E-state index in [9.17, 15) is 4.79 Å². The summed E-state index contributed by atoms with van der Waals surface area (Å²) < 4.78 is 5.19. The van der Waals surface area contributed by atoms with Crippen molar-refractivity contribution in [3.05, 3.63) is 95.1 Å². The van der Waals surface area contributed by atoms with Gasteiger partial charge in [-0.1, -0.05) is 86.4 Å². The van der Waals surface area contributed by atoms with Gasteiger partial charge in [0.15, 0.2) is 0 Å². The molecule has 0 aliphatic heterocycles. The molecular weight excluding hydrogens is 358 g/mol. The first-order valence-electron chi connectivity index (χ1n) is 9.73. The molecule has 1 N–H and O–H groups in total. The molecule has 144 valence electrons. The van der Waals surface area contributed by atoms with Crippen molar-refractivity contribution >= 4 is 6.09 Å². The summed E-state index contributed by atoms with van der Waals surface area (Å²) in [6, 6.07) is 24.5. The number of nitrogens with one attached hydrogen (secondary N) is 1. The fourth-order valence-corrected chi connectivity index (χ4v) is 3.82. The van der Waals surface area contributed by atoms with Crippen molar-refractivity contribution in [1.82, 2.24) is 5.32 Å². The van der Waals surface area contributed by atoms with E-state index in [0.29, 0.717) is 0 Å². The van der Waals surface area contributed by atoms with Crippen LogP contribution in [0.1, 0.15) is 36.1 Å². The van der Waals surface area contributed by atoms with Crippen LogP contribution in [0.25, 0.3) is 11.1 Å². The summed E-state index contributed by atoms with van der Waals surface area (Å²) in [5.41, 5.74) is 7.08. The van der Waals surface area contributed by atoms with Crippen LogP contribution in [0, 0.1) is 11.8 Å². The Kier molecular flexibility index (Phi) is 5.10. The molecule has 0 atom stereocenters. The Morgan fingerprint density at radius 1 is 0.931 bits per heavy atom. The lowest BCUT2D eigenvalue weighted by molar-refractivity contribution is 0.141. The van der Waals surface area contributed by atoms with Crippen molar-refractivity contribution in [3.63, 3.8) is 0 Å². The smallest absolute Gasteiger partial charge is 0.408 e. The van der Waals surface area contributed by atoms with E-state index < -0.39 is 6.09 Å². The molecule has 0 spiro atoms. The normalized spacial score (nSPS) is 12.9. The van der Waals surface area contributed by atoms with Gasteiger partial charge in [0.1, 0.15) is 6.61 Å². The number of carbonyl (C=O) groups excluding carboxylic acids is 1. The van der Waals surface area contributed by atoms with Gasteiger partial charge in [0, 0.05) is 11.0 Å². The van der Waals surface area contributed by atoms with Crippen LogP contribution in [0.5, 0.6) is 0 Å². The maximum atomic E-state index is 11.8. The van der Waals surface area contributed by atoms with Crippen LogP contribution in [0.15, 0.2) is 72.8 Å². The summed E-state index contributed by atoms with van der Waals surface area (Å²) in [6.45, 7) is 4.99. The van der Waals surface area contributed by atoms with Crippen LogP contribution < -0.4 is 5.32 Å². The van der Waals surface area contributed by atoms with Gasteiger partial charge in [-0.3, -0.25) is 0 Å². The Hall–Kier alpha value is -3.51. The average molecular weight is 381 g/mol. The summed E-state index contributed by atoms with van der Waals surface area (Å²) in [5, 5.41) is 2.67. The van der Waals surface area contributed by atoms with Crippen molar-refractivity contribution in [2.45, 2.75) is 25.9 Å². The quantitative estimate of drug-likeness (QED) is 0.628. The van der Waals surface area contributed by atoms with Crippen molar-refractivity contribution < 1.29 is 9.53 Å². The van der Waals surface area contributed by atoms with Crippen LogP contribution in [-0.2, 0) is 16.8 Å². The number of alkyl carbamates (subject to hydrolysis) is 1. The maximum absolute atomic E-state index is 11.8. The number of benzene rings is 3. The third-order valence-electron chi connectivity index (χ3n) is 5.35. The van der Waals surface area contributed by atoms with Gasteiger partial charge < -0.3 is 10.1 Å². The minimum atomic E-state index is -0.464. The van der Waals surface area contributed by atoms with Crippen molar-refractivity contribution in [1.29, 1.82) is 0 Å². The highest BCUT2D eigenvalue weighted by Gasteiger charge is 2.34. The molecule has 0 radical (unpaired) electrons. The average Bonchev–Trinajstić information content (AvgIpc) is 2.98. The summed E-state index contributed by atoms with van der Waals surface area (Å²) >= 11 is 0. The summed E-state index contributed by atoms with van der Waals surface area (Å²) in [6.07, 6.45) is -0.464. The molecule has 0 saturated carbocycles. The molecule has 0 bridgehead atoms. The number of rotatable bonds is 3. The predicted molar refractivity (Wildman–Crippen MR) is 116 cm³/mol. The Balaban J connectivity index is 1.38. The molecular formula is C26H23NO2. The van der Waals surface area contributed by atoms with Gasteiger partial charge in [0.05, 0.1) is 6.54 Å². The highest BCUT2D eigenvalue weighted by Crippen LogP contribution is 2.48. The van der Waals surface area contributed by atoms with Crippen molar-refractivity contribution in [2.24, 2.45) is 0 Å². The van der Waals surface area contributed by atoms with E-state index in [1.165, 1.54) is 22.3 Å². The molecule has 1 amide bonds. The number of carbonyl (C=O) groups is 1. The summed E-state index contributed by atoms with van der Waals surface area (Å²) in [7, 11) is 0. The molecule has 0 fully saturated rings. The molecule has 0 saturated heterocycles. The first-order valence-corrected chi connectivity index (χ1v) is 9.73. The second kappa shape index (κ2) is 7.85. The maximum Gasteiger partial charge on any atom is 0.408 e. The molecule has 29 heavy (non-hydrogen) atoms. The Bertz CT molecular complexity index is 1100. The molecule has 3 aromatic carbocycles. The zero-order valence-electron chi connectivity index (χ0n) is 16.7. The number of fused-ring (bicyclic) bond motifs is 3. The molecule has 3 aromatic rings. The van der Waals surface area contributed by atoms with E-state index in [1.54, 1.807) is 0 Å². The molecule has 0 aromatic heterocycles. The second-order valence-corrected chi connectivity index (χ2v) is 7.65. The Morgan fingerprint density at radius 2 is 1.66 bits per heavy atom. The summed E-state index contributed by atoms with van der Waals surface area (Å²) in [4.78, 5) is 11.8. The monoisotopic (exact) mass is 381 g/mol. The second-order valence-electron chi connectivity index (χ2n) is 7.65. The lowest BCUT2D eigenvalue weighted by Gasteiger charge is -2.21. The van der Waals surface area contributed by atoms with Gasteiger partial charge in [-0.15, -0.1) is 0 Å². The zero-order chi connectivity index (χ0) is 20.3. The summed E-state index contributed by atoms with van der Waals surface area (Å²) in [5.74, 6) is 6.16. The third kappa shape index (κ3) is 3.88. The largest absolute Gasteiger partial charge is 0.445 e. The molecule has 1 aliphatic carbocycles. The molecule has 1 aliphatic rings. The first kappa shape index (κ1) is 18.8. The van der Waals surface area contributed by atoms with Crippen molar-refractivity contribution in [3.8, 4) is 23.0 Å². The number of ether oxygens (including phenoxy) is 1. The number of hydrogen-bond donors (Lipinski definition) is 1. The van der Waals surface area contributed by atoms with Crippen molar-refractivity contribution in [2.75, 3.05) is 6.54 Å². The number of amides is 1. The Labute approximate surface area is 171 Å². The first-order chi connectivity index (χ1) is 14.1. The van der Waals surface area contributed by atoms with E-state index in [2.05, 4.69) is 67.4 Å². The zero-order valence-corrected chi connectivity index (χ0v) is 16.7. The van der Waals surface area contributed by atoms with E-state index in [1.807, 2.05) is 36.4 Å². The lowest BCUT2D eigenvalue weighted by Crippen LogP contribution is -2.24. The molecule has 3 nitrogen and oxygen atoms in total. The Morgan fingerprint density at radius 3 is 2.48 bits per heavy atom. The van der Waals surface area contributed by atoms with E-state index in [4.69, 9.17) is 4.74 Å². The lowest BCUT2D eigenvalue weighted by atomic mass is 9.82. The fraction of sp³-hybridized carbons (Fsp3) is 0.192. The highest BCUT2D eigenvalue weighted by molar-refractivity contribution is 5.81. The van der Waals surface area contributed by atoms with Crippen LogP contribution in [0.3, 0.4) is 0 Å². The van der Waals surface area contributed by atoms with Crippen LogP contribution in [0.4, 0.5) is 4.79 Å². The van der Waals surface area contributed by atoms with Gasteiger partial charge in [0.2, 0.25) is 0 Å². The van der Waals surface area contributed by atoms with Gasteiger partial charge in [-0.25, -0.2) is 4.79 Å². The van der Waals surface area contributed by atoms with E-state index in [0.717, 1.165) is 11.1 Å². The molecule has 4 rings (SSSR count). The topological polar surface area (TPSA) is 38.3 Å². The van der Waals surface area contributed by atoms with Crippen LogP contribution in [0.2, 0.25) is 0 Å². The van der Waals surface area contributed by atoms with Crippen LogP contribution >= 0.6 is 0 Å². The molecule has 0 heterocycles. The standard InChI is InChI=1S/C26H23NO2/c1-26(2)23-13-7-6-12-21(23)22-15-14-19(17-24(22)26)11-8-16-27-25(28)29-18-20-9-4-3-5-10-20/h3-7,9-10,12-15,17H,16,18H2,1-2H3,(H,27,28). The van der Waals surface area contributed by atoms with Gasteiger partial charge in [-0.05, 0) is 39.9 Å². The minimum Gasteiger partial charge on any atom is -0.445 e. The minimum absolute atomic E-state index is 0.0386. The number of hydrogen-bond acceptors (Lipinski definition) is 2.